The lowest BCUT2D eigenvalue weighted by Crippen LogP contribution is -2.14. The first-order valence-corrected chi connectivity index (χ1v) is 5.44. The molecule has 0 aromatic carbocycles. The van der Waals surface area contributed by atoms with Crippen LogP contribution in [-0.4, -0.2) is 27.1 Å². The maximum absolute atomic E-state index is 11.1. The highest BCUT2D eigenvalue weighted by Crippen LogP contribution is 2.22. The van der Waals surface area contributed by atoms with E-state index in [9.17, 15) is 9.59 Å². The summed E-state index contributed by atoms with van der Waals surface area (Å²) in [6.07, 6.45) is 2.22. The van der Waals surface area contributed by atoms with Gasteiger partial charge in [0.05, 0.1) is 5.92 Å². The molecule has 1 aromatic heterocycles. The highest BCUT2D eigenvalue weighted by Gasteiger charge is 2.21. The Morgan fingerprint density at radius 1 is 1.41 bits per heavy atom. The molecule has 0 aliphatic heterocycles. The van der Waals surface area contributed by atoms with Crippen molar-refractivity contribution in [2.75, 3.05) is 0 Å². The third kappa shape index (κ3) is 3.86. The number of nitrogens with zero attached hydrogens (tertiary/aromatic N) is 1. The van der Waals surface area contributed by atoms with Crippen molar-refractivity contribution >= 4 is 11.9 Å². The summed E-state index contributed by atoms with van der Waals surface area (Å²) in [6.45, 7) is 1.93. The van der Waals surface area contributed by atoms with Gasteiger partial charge >= 0.3 is 11.9 Å². The van der Waals surface area contributed by atoms with Crippen LogP contribution < -0.4 is 0 Å². The van der Waals surface area contributed by atoms with E-state index in [0.29, 0.717) is 5.56 Å². The summed E-state index contributed by atoms with van der Waals surface area (Å²) in [5, 5.41) is 17.7. The maximum atomic E-state index is 11.1. The van der Waals surface area contributed by atoms with Gasteiger partial charge in [0.15, 0.2) is 0 Å². The van der Waals surface area contributed by atoms with Crippen molar-refractivity contribution in [1.29, 1.82) is 0 Å². The number of carboxylic acids is 2. The van der Waals surface area contributed by atoms with Gasteiger partial charge in [-0.25, -0.2) is 0 Å². The predicted octanol–water partition coefficient (Wildman–Crippen LogP) is 1.68. The summed E-state index contributed by atoms with van der Waals surface area (Å²) < 4.78 is 0. The van der Waals surface area contributed by atoms with Crippen LogP contribution in [0.1, 0.15) is 36.9 Å². The fourth-order valence-corrected chi connectivity index (χ4v) is 1.61. The number of hydrogen-bond donors (Lipinski definition) is 2. The average Bonchev–Trinajstić information content (AvgIpc) is 2.28. The fourth-order valence-electron chi connectivity index (χ4n) is 1.61. The number of aromatic nitrogens is 1. The van der Waals surface area contributed by atoms with Crippen molar-refractivity contribution in [3.63, 3.8) is 0 Å². The molecule has 1 aromatic rings. The Bertz CT molecular complexity index is 417. The molecule has 0 saturated heterocycles. The third-order valence-corrected chi connectivity index (χ3v) is 2.55. The normalized spacial score (nSPS) is 12.1. The Morgan fingerprint density at radius 2 is 2.12 bits per heavy atom. The van der Waals surface area contributed by atoms with Crippen LogP contribution in [0.15, 0.2) is 18.3 Å². The highest BCUT2D eigenvalue weighted by atomic mass is 16.4. The smallest absolute Gasteiger partial charge is 0.310 e. The minimum absolute atomic E-state index is 0.0951. The Hall–Kier alpha value is -1.91. The van der Waals surface area contributed by atoms with Crippen LogP contribution in [0.4, 0.5) is 0 Å². The van der Waals surface area contributed by atoms with E-state index in [-0.39, 0.29) is 12.8 Å². The van der Waals surface area contributed by atoms with E-state index >= 15 is 0 Å². The summed E-state index contributed by atoms with van der Waals surface area (Å²) in [5.74, 6) is -2.76. The molecular formula is C12H15NO4. The zero-order valence-electron chi connectivity index (χ0n) is 9.59. The van der Waals surface area contributed by atoms with Gasteiger partial charge < -0.3 is 10.2 Å². The van der Waals surface area contributed by atoms with Crippen LogP contribution in [0.5, 0.6) is 0 Å². The molecule has 0 aliphatic carbocycles. The van der Waals surface area contributed by atoms with Gasteiger partial charge in [0, 0.05) is 18.3 Å². The first-order valence-electron chi connectivity index (χ1n) is 5.44. The van der Waals surface area contributed by atoms with Gasteiger partial charge in [-0.2, -0.15) is 0 Å². The zero-order valence-corrected chi connectivity index (χ0v) is 9.59. The molecule has 0 radical (unpaired) electrons. The van der Waals surface area contributed by atoms with Crippen LogP contribution in [0.25, 0.3) is 0 Å². The first kappa shape index (κ1) is 13.2. The summed E-state index contributed by atoms with van der Waals surface area (Å²) in [5.41, 5.74) is 1.43. The van der Waals surface area contributed by atoms with Crippen LogP contribution in [0, 0.1) is 0 Å². The second-order valence-corrected chi connectivity index (χ2v) is 3.76. The molecule has 1 atom stereocenters. The SMILES string of the molecule is CCc1cc(C(CCC(=O)O)C(=O)O)ccn1. The van der Waals surface area contributed by atoms with E-state index in [4.69, 9.17) is 10.2 Å². The van der Waals surface area contributed by atoms with Crippen molar-refractivity contribution in [2.24, 2.45) is 0 Å². The Morgan fingerprint density at radius 3 is 2.65 bits per heavy atom. The van der Waals surface area contributed by atoms with Gasteiger partial charge in [0.25, 0.3) is 0 Å². The second-order valence-electron chi connectivity index (χ2n) is 3.76. The largest absolute Gasteiger partial charge is 0.481 e. The van der Waals surface area contributed by atoms with Crippen LogP contribution in [-0.2, 0) is 16.0 Å². The number of carboxylic acid groups (broad SMARTS) is 2. The molecular weight excluding hydrogens is 222 g/mol. The quantitative estimate of drug-likeness (QED) is 0.785. The van der Waals surface area contributed by atoms with Crippen LogP contribution in [0.2, 0.25) is 0 Å². The predicted molar refractivity (Wildman–Crippen MR) is 60.9 cm³/mol. The van der Waals surface area contributed by atoms with Gasteiger partial charge in [-0.15, -0.1) is 0 Å². The third-order valence-electron chi connectivity index (χ3n) is 2.55. The lowest BCUT2D eigenvalue weighted by atomic mass is 9.94. The van der Waals surface area contributed by atoms with Crippen LogP contribution in [0.3, 0.4) is 0 Å². The molecule has 0 amide bonds. The first-order chi connectivity index (χ1) is 8.04. The summed E-state index contributed by atoms with van der Waals surface area (Å²) in [4.78, 5) is 25.7. The van der Waals surface area contributed by atoms with E-state index in [1.54, 1.807) is 18.3 Å². The Balaban J connectivity index is 2.88. The second kappa shape index (κ2) is 5.98. The molecule has 1 rings (SSSR count). The van der Waals surface area contributed by atoms with E-state index in [2.05, 4.69) is 4.98 Å². The molecule has 0 saturated carbocycles. The Kier molecular flexibility index (Phi) is 4.63. The van der Waals surface area contributed by atoms with E-state index in [1.807, 2.05) is 6.92 Å². The van der Waals surface area contributed by atoms with E-state index < -0.39 is 17.9 Å². The lowest BCUT2D eigenvalue weighted by Gasteiger charge is -2.12. The summed E-state index contributed by atoms with van der Waals surface area (Å²) in [6, 6.07) is 3.35. The zero-order chi connectivity index (χ0) is 12.8. The molecule has 2 N–H and O–H groups in total. The molecule has 1 unspecified atom stereocenters. The maximum Gasteiger partial charge on any atom is 0.310 e. The molecule has 92 valence electrons. The number of hydrogen-bond acceptors (Lipinski definition) is 3. The molecule has 0 spiro atoms. The molecule has 0 aliphatic rings. The van der Waals surface area contributed by atoms with E-state index in [0.717, 1.165) is 12.1 Å². The van der Waals surface area contributed by atoms with Crippen molar-refractivity contribution in [2.45, 2.75) is 32.1 Å². The van der Waals surface area contributed by atoms with Gasteiger partial charge in [0.1, 0.15) is 0 Å². The number of rotatable bonds is 6. The molecule has 0 bridgehead atoms. The molecule has 1 heterocycles. The van der Waals surface area contributed by atoms with E-state index in [1.165, 1.54) is 0 Å². The number of aryl methyl sites for hydroxylation is 1. The lowest BCUT2D eigenvalue weighted by molar-refractivity contribution is -0.140. The topological polar surface area (TPSA) is 87.5 Å². The molecule has 17 heavy (non-hydrogen) atoms. The van der Waals surface area contributed by atoms with Crippen LogP contribution >= 0.6 is 0 Å². The van der Waals surface area contributed by atoms with Crippen molar-refractivity contribution < 1.29 is 19.8 Å². The minimum Gasteiger partial charge on any atom is -0.481 e. The van der Waals surface area contributed by atoms with Crippen molar-refractivity contribution in [3.8, 4) is 0 Å². The van der Waals surface area contributed by atoms with Crippen molar-refractivity contribution in [3.05, 3.63) is 29.6 Å². The summed E-state index contributed by atoms with van der Waals surface area (Å²) >= 11 is 0. The number of pyridine rings is 1. The molecule has 5 nitrogen and oxygen atoms in total. The molecule has 0 fully saturated rings. The molecule has 5 heteroatoms. The number of aliphatic carboxylic acids is 2. The minimum atomic E-state index is -1.00. The van der Waals surface area contributed by atoms with Gasteiger partial charge in [0.2, 0.25) is 0 Å². The highest BCUT2D eigenvalue weighted by molar-refractivity contribution is 5.77. The standard InChI is InChI=1S/C12H15NO4/c1-2-9-7-8(5-6-13-9)10(12(16)17)3-4-11(14)15/h5-7,10H,2-4H2,1H3,(H,14,15)(H,16,17). The fraction of sp³-hybridized carbons (Fsp3) is 0.417. The van der Waals surface area contributed by atoms with Gasteiger partial charge in [-0.3, -0.25) is 14.6 Å². The summed E-state index contributed by atoms with van der Waals surface area (Å²) in [7, 11) is 0. The number of carbonyl (C=O) groups is 2. The Labute approximate surface area is 99.1 Å². The monoisotopic (exact) mass is 237 g/mol. The van der Waals surface area contributed by atoms with Gasteiger partial charge in [-0.05, 0) is 30.5 Å². The van der Waals surface area contributed by atoms with Crippen molar-refractivity contribution in [1.82, 2.24) is 4.98 Å². The average molecular weight is 237 g/mol. The van der Waals surface area contributed by atoms with Gasteiger partial charge in [-0.1, -0.05) is 6.92 Å².